The molecule has 62 heavy (non-hydrogen) atoms. The Morgan fingerprint density at radius 2 is 1.31 bits per heavy atom. The molecule has 0 aliphatic heterocycles. The summed E-state index contributed by atoms with van der Waals surface area (Å²) in [5.74, 6) is -4.66. The first-order valence-corrected chi connectivity index (χ1v) is 20.7. The molecule has 8 amide bonds. The van der Waals surface area contributed by atoms with Crippen LogP contribution < -0.4 is 59.8 Å². The predicted molar refractivity (Wildman–Crippen MR) is 231 cm³/mol. The third-order valence-electron chi connectivity index (χ3n) is 9.96. The van der Waals surface area contributed by atoms with Crippen LogP contribution in [0.15, 0.2) is 60.8 Å². The Balaban J connectivity index is 1.74. The van der Waals surface area contributed by atoms with Gasteiger partial charge in [-0.15, -0.1) is 0 Å². The Morgan fingerprint density at radius 1 is 0.677 bits per heavy atom. The largest absolute Gasteiger partial charge is 0.368 e. The Kier molecular flexibility index (Phi) is 20.9. The third-order valence-corrected chi connectivity index (χ3v) is 9.96. The standard InChI is InChI=1S/C42H60N12O8/c1-2-3-18-35(56)51-32(38(44)59)23-36(57)47-19-10-9-16-30(37(43)58)52-41(62)34(22-27-24-49-29-15-8-7-14-28(27)29)54-39(60)31(17-11-20-48-42(45)46)53-40(61)33(50-25-55)21-26-12-5-4-6-13-26/h4-8,12-15,24-25,30-34,49H,2-3,9-11,16-23H2,1H3,(H2,43,58)(H2,44,59)(H,47,57)(H,50,55)(H,51,56)(H,52,62)(H,53,61)(H,54,60)(H4,45,46,48)/p+1/t30-,31-,32?,33+,34-/m0/s1. The van der Waals surface area contributed by atoms with E-state index >= 15 is 0 Å². The maximum atomic E-state index is 14.1. The second-order valence-electron chi connectivity index (χ2n) is 14.9. The van der Waals surface area contributed by atoms with E-state index in [-0.39, 0.29) is 63.5 Å². The first-order valence-electron chi connectivity index (χ1n) is 20.7. The normalized spacial score (nSPS) is 13.2. The molecule has 336 valence electrons. The lowest BCUT2D eigenvalue weighted by Gasteiger charge is -2.26. The van der Waals surface area contributed by atoms with E-state index in [1.54, 1.807) is 30.5 Å². The summed E-state index contributed by atoms with van der Waals surface area (Å²) in [5, 5.41) is 16.6. The number of nitrogens with one attached hydrogen (secondary N) is 8. The number of benzene rings is 2. The molecule has 20 nitrogen and oxygen atoms in total. The fourth-order valence-corrected chi connectivity index (χ4v) is 6.58. The Morgan fingerprint density at radius 3 is 1.98 bits per heavy atom. The number of para-hydroxylation sites is 1. The number of H-pyrrole nitrogens is 1. The Labute approximate surface area is 359 Å². The van der Waals surface area contributed by atoms with E-state index in [4.69, 9.17) is 22.9 Å². The summed E-state index contributed by atoms with van der Waals surface area (Å²) in [4.78, 5) is 108. The quantitative estimate of drug-likeness (QED) is 0.0145. The number of aromatic nitrogens is 1. The van der Waals surface area contributed by atoms with Gasteiger partial charge in [0.25, 0.3) is 0 Å². The van der Waals surface area contributed by atoms with Crippen molar-refractivity contribution in [3.05, 3.63) is 71.9 Å². The lowest BCUT2D eigenvalue weighted by atomic mass is 10.0. The topological polar surface area (TPSA) is 343 Å². The number of guanidine groups is 1. The summed E-state index contributed by atoms with van der Waals surface area (Å²) >= 11 is 0. The van der Waals surface area contributed by atoms with Crippen LogP contribution in [0.3, 0.4) is 0 Å². The second kappa shape index (κ2) is 26.3. The first kappa shape index (κ1) is 49.4. The number of hydrogen-bond donors (Lipinski definition) is 12. The van der Waals surface area contributed by atoms with Crippen molar-refractivity contribution in [1.82, 2.24) is 36.9 Å². The van der Waals surface area contributed by atoms with Crippen molar-refractivity contribution < 1.29 is 43.3 Å². The van der Waals surface area contributed by atoms with Gasteiger partial charge in [-0.05, 0) is 55.7 Å². The SMILES string of the molecule is CCCCC(=O)NC(CC(=O)NCCCC[C@H](NC(=O)[C@H](Cc1c[nH]c2ccccc12)NC(=O)[C@H](CCC[NH+]=C(N)N)NC(=O)[C@@H](Cc1ccccc1)NC=O)C(N)=O)C(N)=O. The van der Waals surface area contributed by atoms with Crippen LogP contribution >= 0.6 is 0 Å². The van der Waals surface area contributed by atoms with E-state index in [0.717, 1.165) is 22.9 Å². The smallest absolute Gasteiger partial charge is 0.338 e. The second-order valence-corrected chi connectivity index (χ2v) is 14.9. The van der Waals surface area contributed by atoms with Gasteiger partial charge in [0.15, 0.2) is 0 Å². The molecule has 5 atom stereocenters. The van der Waals surface area contributed by atoms with Crippen LogP contribution in [0.1, 0.15) is 75.8 Å². The number of unbranched alkanes of at least 4 members (excludes halogenated alkanes) is 2. The highest BCUT2D eigenvalue weighted by Crippen LogP contribution is 2.20. The number of aromatic amines is 1. The molecule has 2 aromatic carbocycles. The summed E-state index contributed by atoms with van der Waals surface area (Å²) < 4.78 is 0. The van der Waals surface area contributed by atoms with Crippen molar-refractivity contribution >= 4 is 64.6 Å². The van der Waals surface area contributed by atoms with Crippen LogP contribution in [0.2, 0.25) is 0 Å². The zero-order valence-corrected chi connectivity index (χ0v) is 35.0. The van der Waals surface area contributed by atoms with Crippen LogP contribution in [0, 0.1) is 0 Å². The number of fused-ring (bicyclic) bond motifs is 1. The van der Waals surface area contributed by atoms with Gasteiger partial charge in [0.2, 0.25) is 47.8 Å². The molecule has 0 saturated carbocycles. The van der Waals surface area contributed by atoms with Crippen LogP contribution in [0.5, 0.6) is 0 Å². The van der Waals surface area contributed by atoms with Gasteiger partial charge in [-0.2, -0.15) is 0 Å². The predicted octanol–water partition coefficient (Wildman–Crippen LogP) is -3.02. The van der Waals surface area contributed by atoms with Gasteiger partial charge in [-0.3, -0.25) is 54.8 Å². The van der Waals surface area contributed by atoms with Gasteiger partial charge < -0.3 is 48.4 Å². The van der Waals surface area contributed by atoms with Crippen LogP contribution in [-0.2, 0) is 51.2 Å². The number of rotatable bonds is 29. The molecule has 3 rings (SSSR count). The van der Waals surface area contributed by atoms with Gasteiger partial charge >= 0.3 is 5.96 Å². The lowest BCUT2D eigenvalue weighted by molar-refractivity contribution is -0.459. The molecule has 0 fully saturated rings. The highest BCUT2D eigenvalue weighted by molar-refractivity contribution is 5.96. The van der Waals surface area contributed by atoms with Crippen LogP contribution in [-0.4, -0.2) is 102 Å². The monoisotopic (exact) mass is 861 g/mol. The number of primary amides is 2. The van der Waals surface area contributed by atoms with Crippen molar-refractivity contribution in [2.45, 2.75) is 108 Å². The zero-order chi connectivity index (χ0) is 45.4. The highest BCUT2D eigenvalue weighted by atomic mass is 16.2. The number of amides is 8. The van der Waals surface area contributed by atoms with Crippen LogP contribution in [0.4, 0.5) is 0 Å². The number of carbonyl (C=O) groups excluding carboxylic acids is 8. The van der Waals surface area contributed by atoms with Crippen molar-refractivity contribution in [3.8, 4) is 0 Å². The summed E-state index contributed by atoms with van der Waals surface area (Å²) in [6, 6.07) is 10.6. The first-order chi connectivity index (χ1) is 29.7. The molecule has 0 aliphatic carbocycles. The molecule has 0 aliphatic rings. The van der Waals surface area contributed by atoms with E-state index in [2.05, 4.69) is 41.9 Å². The highest BCUT2D eigenvalue weighted by Gasteiger charge is 2.31. The minimum Gasteiger partial charge on any atom is -0.368 e. The van der Waals surface area contributed by atoms with Gasteiger partial charge in [0.1, 0.15) is 30.2 Å². The number of hydrogen-bond acceptors (Lipinski definition) is 8. The fourth-order valence-electron chi connectivity index (χ4n) is 6.58. The van der Waals surface area contributed by atoms with Crippen LogP contribution in [0.25, 0.3) is 10.9 Å². The van der Waals surface area contributed by atoms with E-state index in [0.29, 0.717) is 37.7 Å². The summed E-state index contributed by atoms with van der Waals surface area (Å²) in [5.41, 5.74) is 24.4. The van der Waals surface area contributed by atoms with Crippen molar-refractivity contribution in [1.29, 1.82) is 0 Å². The molecule has 3 aromatic rings. The molecule has 1 unspecified atom stereocenters. The molecular weight excluding hydrogens is 801 g/mol. The Bertz CT molecular complexity index is 2000. The van der Waals surface area contributed by atoms with Gasteiger partial charge in [0.05, 0.1) is 13.0 Å². The maximum absolute atomic E-state index is 14.1. The number of nitrogens with two attached hydrogens (primary N) is 4. The minimum absolute atomic E-state index is 0.0192. The fraction of sp³-hybridized carbons (Fsp3) is 0.452. The van der Waals surface area contributed by atoms with E-state index in [1.165, 1.54) is 0 Å². The van der Waals surface area contributed by atoms with E-state index in [1.807, 2.05) is 37.3 Å². The molecular formula is C42H61N12O8+. The van der Waals surface area contributed by atoms with E-state index < -0.39 is 65.7 Å². The average Bonchev–Trinajstić information content (AvgIpc) is 3.65. The van der Waals surface area contributed by atoms with E-state index in [9.17, 15) is 38.4 Å². The molecule has 0 bridgehead atoms. The van der Waals surface area contributed by atoms with Gasteiger partial charge in [-0.25, -0.2) is 0 Å². The molecule has 1 aromatic heterocycles. The Hall–Kier alpha value is -6.99. The zero-order valence-electron chi connectivity index (χ0n) is 35.0. The molecule has 20 heteroatoms. The summed E-state index contributed by atoms with van der Waals surface area (Å²) in [7, 11) is 0. The maximum Gasteiger partial charge on any atom is 0.338 e. The average molecular weight is 862 g/mol. The summed E-state index contributed by atoms with van der Waals surface area (Å²) in [6.45, 7) is 2.33. The molecule has 0 radical (unpaired) electrons. The number of carbonyl (C=O) groups is 8. The molecule has 0 spiro atoms. The van der Waals surface area contributed by atoms with Crippen molar-refractivity contribution in [3.63, 3.8) is 0 Å². The van der Waals surface area contributed by atoms with Crippen molar-refractivity contribution in [2.75, 3.05) is 13.1 Å². The lowest BCUT2D eigenvalue weighted by Crippen LogP contribution is -2.78. The van der Waals surface area contributed by atoms with Crippen molar-refractivity contribution in [2.24, 2.45) is 22.9 Å². The molecule has 0 saturated heterocycles. The minimum atomic E-state index is -1.26. The molecule has 16 N–H and O–H groups in total. The summed E-state index contributed by atoms with van der Waals surface area (Å²) in [6.07, 6.45) is 4.66. The van der Waals surface area contributed by atoms with Gasteiger partial charge in [0, 0.05) is 42.9 Å². The molecule has 1 heterocycles. The van der Waals surface area contributed by atoms with Gasteiger partial charge in [-0.1, -0.05) is 61.9 Å². The third kappa shape index (κ3) is 17.3.